The Morgan fingerprint density at radius 3 is 2.09 bits per heavy atom. The molecule has 0 radical (unpaired) electrons. The van der Waals surface area contributed by atoms with Crippen molar-refractivity contribution in [1.29, 1.82) is 0 Å². The Morgan fingerprint density at radius 2 is 1.43 bits per heavy atom. The summed E-state index contributed by atoms with van der Waals surface area (Å²) in [7, 11) is 7.79. The summed E-state index contributed by atoms with van der Waals surface area (Å²) in [4.78, 5) is 33.5. The van der Waals surface area contributed by atoms with Crippen LogP contribution in [0.3, 0.4) is 0 Å². The number of halogens is 1. The molecule has 0 fully saturated rings. The number of aliphatic carboxylic acids is 2. The van der Waals surface area contributed by atoms with Crippen molar-refractivity contribution < 1.29 is 19.8 Å². The number of fused-ring (bicyclic) bond motifs is 2. The Balaban J connectivity index is 1.84. The van der Waals surface area contributed by atoms with Crippen LogP contribution >= 0.6 is 9.64 Å². The fourth-order valence-corrected chi connectivity index (χ4v) is 13.3. The number of carboxylic acid groups (broad SMARTS) is 2. The van der Waals surface area contributed by atoms with Gasteiger partial charge in [0.1, 0.15) is 0 Å². The molecule has 0 amide bonds. The van der Waals surface area contributed by atoms with E-state index in [1.54, 1.807) is 0 Å². The van der Waals surface area contributed by atoms with E-state index in [9.17, 15) is 19.8 Å². The molecule has 44 heavy (non-hydrogen) atoms. The third-order valence-electron chi connectivity index (χ3n) is 9.05. The van der Waals surface area contributed by atoms with Crippen LogP contribution in [0.4, 0.5) is 0 Å². The second-order valence-corrected chi connectivity index (χ2v) is 16.9. The summed E-state index contributed by atoms with van der Waals surface area (Å²) in [5.74, 6) is -1.77. The zero-order valence-corrected chi connectivity index (χ0v) is 28.3. The summed E-state index contributed by atoms with van der Waals surface area (Å²) < 4.78 is 4.46. The molecule has 0 aromatic carbocycles. The van der Waals surface area contributed by atoms with Crippen molar-refractivity contribution in [2.75, 3.05) is 0 Å². The second-order valence-electron chi connectivity index (χ2n) is 11.4. The van der Waals surface area contributed by atoms with Gasteiger partial charge in [0.15, 0.2) is 0 Å². The molecule has 6 rings (SSSR count). The maximum absolute atomic E-state index is 11.8. The molecule has 8 nitrogen and oxygen atoms in total. The molecule has 0 unspecified atom stereocenters. The fraction of sp³-hybridized carbons (Fsp3) is 0.235. The molecule has 0 saturated heterocycles. The Kier molecular flexibility index (Phi) is 7.59. The van der Waals surface area contributed by atoms with Crippen molar-refractivity contribution in [3.05, 3.63) is 97.3 Å². The molecule has 2 aromatic rings. The molecule has 0 spiro atoms. The van der Waals surface area contributed by atoms with E-state index in [4.69, 9.17) is 19.6 Å². The molecule has 0 saturated carbocycles. The average Bonchev–Trinajstić information content (AvgIpc) is 3.60. The standard InChI is InChI=1S/C34H34N4O4.ClH.Ga/c1-7-21-17(3)25-13-26-19(5)23(9-11-33(39)40)31(37-26)16-32-24(10-12-34(41)42)20(6)28(38-32)15-30-22(8-2)18(4)27(36-30)14-29(21)35-25;;/h7-8,13-16H,1-2,9-12H2,3-6H3,(H4,35,36,37,38,39,40,41,42);1H;/q;;+3/p-3. The number of rotatable bonds is 8. The quantitative estimate of drug-likeness (QED) is 0.385. The van der Waals surface area contributed by atoms with Gasteiger partial charge in [-0.25, -0.2) is 0 Å². The van der Waals surface area contributed by atoms with E-state index in [2.05, 4.69) is 38.8 Å². The van der Waals surface area contributed by atoms with Gasteiger partial charge in [-0.15, -0.1) is 0 Å². The van der Waals surface area contributed by atoms with Crippen molar-refractivity contribution in [3.63, 3.8) is 0 Å². The van der Waals surface area contributed by atoms with E-state index >= 15 is 0 Å². The van der Waals surface area contributed by atoms with Crippen molar-refractivity contribution in [2.45, 2.75) is 53.4 Å². The van der Waals surface area contributed by atoms with Gasteiger partial charge in [0, 0.05) is 0 Å². The number of hydrogen-bond acceptors (Lipinski definition) is 4. The van der Waals surface area contributed by atoms with Gasteiger partial charge in [-0.05, 0) is 0 Å². The monoisotopic (exact) mass is 664 g/mol. The predicted octanol–water partition coefficient (Wildman–Crippen LogP) is 5.05. The third-order valence-corrected chi connectivity index (χ3v) is 15.2. The Morgan fingerprint density at radius 1 is 0.818 bits per heavy atom. The van der Waals surface area contributed by atoms with E-state index in [0.717, 1.165) is 83.7 Å². The summed E-state index contributed by atoms with van der Waals surface area (Å²) in [6.45, 7) is 16.3. The van der Waals surface area contributed by atoms with Gasteiger partial charge in [0.05, 0.1) is 0 Å². The van der Waals surface area contributed by atoms with Crippen LogP contribution in [-0.4, -0.2) is 55.8 Å². The van der Waals surface area contributed by atoms with Crippen LogP contribution in [0.5, 0.6) is 0 Å². The molecule has 6 bridgehead atoms. The number of nitrogens with zero attached hydrogens (tertiary/aromatic N) is 4. The van der Waals surface area contributed by atoms with Crippen LogP contribution in [0.15, 0.2) is 62.9 Å². The van der Waals surface area contributed by atoms with Crippen molar-refractivity contribution in [1.82, 2.24) is 6.55 Å². The van der Waals surface area contributed by atoms with Gasteiger partial charge >= 0.3 is 266 Å². The first-order valence-electron chi connectivity index (χ1n) is 14.5. The molecule has 0 atom stereocenters. The third kappa shape index (κ3) is 4.61. The molecule has 0 aliphatic carbocycles. The number of carbonyl (C=O) groups is 2. The molecule has 4 aliphatic heterocycles. The molecule has 10 heteroatoms. The Hall–Kier alpha value is -4.05. The van der Waals surface area contributed by atoms with Crippen LogP contribution in [0.1, 0.15) is 66.8 Å². The molecular formula is C34H32ClGaN4O4. The SMILES string of the molecule is C=CC1=C(C)C2=Cc3c(C=C)c(C)c4[n]3[Ga]([Cl])[n]3c(c(C)c(CCC(=O)O)c3=CC3=NC(=C4)C(C)=C3CCC(=O)O)=CC1=N2. The number of hydrogen-bond donors (Lipinski definition) is 2. The summed E-state index contributed by atoms with van der Waals surface area (Å²) in [6, 6.07) is 0. The zero-order valence-electron chi connectivity index (χ0n) is 25.2. The number of aromatic nitrogens is 2. The maximum atomic E-state index is 11.8. The van der Waals surface area contributed by atoms with E-state index in [-0.39, 0.29) is 12.8 Å². The van der Waals surface area contributed by atoms with Gasteiger partial charge in [0.25, 0.3) is 0 Å². The average molecular weight is 666 g/mol. The fourth-order valence-electron chi connectivity index (χ4n) is 6.68. The zero-order chi connectivity index (χ0) is 31.6. The summed E-state index contributed by atoms with van der Waals surface area (Å²) in [5, 5.41) is 20.9. The van der Waals surface area contributed by atoms with Crippen LogP contribution in [0.25, 0.3) is 30.4 Å². The van der Waals surface area contributed by atoms with Crippen LogP contribution < -0.4 is 10.7 Å². The van der Waals surface area contributed by atoms with E-state index in [0.29, 0.717) is 18.6 Å². The van der Waals surface area contributed by atoms with Crippen molar-refractivity contribution in [3.8, 4) is 0 Å². The molecule has 2 N–H and O–H groups in total. The van der Waals surface area contributed by atoms with Gasteiger partial charge in [-0.3, -0.25) is 0 Å². The molecular weight excluding hydrogens is 634 g/mol. The van der Waals surface area contributed by atoms with Gasteiger partial charge in [-0.2, -0.15) is 0 Å². The minimum absolute atomic E-state index is 0.0305. The number of aliphatic imine (C=N–C) groups is 2. The molecule has 222 valence electrons. The van der Waals surface area contributed by atoms with Crippen molar-refractivity contribution in [2.24, 2.45) is 9.98 Å². The molecule has 4 aliphatic rings. The van der Waals surface area contributed by atoms with Gasteiger partial charge in [-0.1, -0.05) is 0 Å². The van der Waals surface area contributed by atoms with Gasteiger partial charge in [0.2, 0.25) is 0 Å². The Labute approximate surface area is 265 Å². The number of allylic oxidation sites excluding steroid dienone is 5. The number of carboxylic acids is 2. The molecule has 2 aromatic heterocycles. The minimum atomic E-state index is -3.34. The van der Waals surface area contributed by atoms with Crippen LogP contribution in [0, 0.1) is 13.8 Å². The summed E-state index contributed by atoms with van der Waals surface area (Å²) in [5.41, 5.74) is 12.4. The first kappa shape index (κ1) is 30.0. The first-order chi connectivity index (χ1) is 21.0. The predicted molar refractivity (Wildman–Crippen MR) is 178 cm³/mol. The van der Waals surface area contributed by atoms with E-state index < -0.39 is 27.6 Å². The summed E-state index contributed by atoms with van der Waals surface area (Å²) >= 11 is -3.34. The molecule has 6 heterocycles. The van der Waals surface area contributed by atoms with E-state index in [1.807, 2.05) is 45.1 Å². The van der Waals surface area contributed by atoms with E-state index in [1.165, 1.54) is 0 Å². The van der Waals surface area contributed by atoms with Crippen molar-refractivity contribution >= 4 is 79.1 Å². The summed E-state index contributed by atoms with van der Waals surface area (Å²) in [6.07, 6.45) is 12.4. The normalized spacial score (nSPS) is 16.5. The first-order valence-corrected chi connectivity index (χ1v) is 19.8. The van der Waals surface area contributed by atoms with Gasteiger partial charge < -0.3 is 0 Å². The topological polar surface area (TPSA) is 109 Å². The Bertz CT molecular complexity index is 2060. The van der Waals surface area contributed by atoms with Crippen LogP contribution in [-0.2, 0) is 16.0 Å². The van der Waals surface area contributed by atoms with Crippen LogP contribution in [0.2, 0.25) is 0 Å². The second kappa shape index (κ2) is 11.1.